The van der Waals surface area contributed by atoms with E-state index in [4.69, 9.17) is 10.5 Å². The van der Waals surface area contributed by atoms with Gasteiger partial charge in [-0.1, -0.05) is 12.1 Å². The second kappa shape index (κ2) is 4.39. The van der Waals surface area contributed by atoms with Crippen molar-refractivity contribution in [2.24, 2.45) is 11.7 Å². The zero-order chi connectivity index (χ0) is 11.7. The molecule has 2 atom stereocenters. The fourth-order valence-corrected chi connectivity index (χ4v) is 2.37. The Hall–Kier alpha value is -1.52. The second-order valence-corrected chi connectivity index (χ2v) is 4.42. The Bertz CT molecular complexity index is 518. The van der Waals surface area contributed by atoms with Gasteiger partial charge in [0, 0.05) is 31.0 Å². The number of nitrogens with two attached hydrogens (primary N) is 1. The molecule has 1 aliphatic heterocycles. The van der Waals surface area contributed by atoms with Crippen LogP contribution in [-0.2, 0) is 4.74 Å². The summed E-state index contributed by atoms with van der Waals surface area (Å²) in [6.07, 6.45) is 4.44. The normalized spacial score (nSPS) is 21.8. The van der Waals surface area contributed by atoms with Gasteiger partial charge in [0.25, 0.3) is 0 Å². The van der Waals surface area contributed by atoms with Crippen molar-refractivity contribution < 1.29 is 4.74 Å². The van der Waals surface area contributed by atoms with Crippen molar-refractivity contribution in [3.63, 3.8) is 0 Å². The number of nitrogens with zero attached hydrogens (tertiary/aromatic N) is 2. The largest absolute Gasteiger partial charge is 0.381 e. The van der Waals surface area contributed by atoms with E-state index in [2.05, 4.69) is 9.97 Å². The van der Waals surface area contributed by atoms with Gasteiger partial charge in [0.05, 0.1) is 17.6 Å². The van der Waals surface area contributed by atoms with Gasteiger partial charge >= 0.3 is 0 Å². The molecule has 3 rings (SSSR count). The van der Waals surface area contributed by atoms with Gasteiger partial charge in [-0.05, 0) is 18.1 Å². The van der Waals surface area contributed by atoms with E-state index in [-0.39, 0.29) is 6.04 Å². The van der Waals surface area contributed by atoms with Crippen LogP contribution in [-0.4, -0.2) is 23.2 Å². The monoisotopic (exact) mass is 229 g/mol. The van der Waals surface area contributed by atoms with Gasteiger partial charge in [-0.25, -0.2) is 0 Å². The fourth-order valence-electron chi connectivity index (χ4n) is 2.37. The predicted octanol–water partition coefficient (Wildman–Crippen LogP) is 1.67. The van der Waals surface area contributed by atoms with Crippen LogP contribution < -0.4 is 5.73 Å². The van der Waals surface area contributed by atoms with E-state index < -0.39 is 0 Å². The third-order valence-corrected chi connectivity index (χ3v) is 3.36. The number of rotatable bonds is 2. The molecule has 1 fully saturated rings. The quantitative estimate of drug-likeness (QED) is 0.850. The van der Waals surface area contributed by atoms with Crippen LogP contribution in [0.4, 0.5) is 0 Å². The number of fused-ring (bicyclic) bond motifs is 1. The van der Waals surface area contributed by atoms with Crippen molar-refractivity contribution in [1.82, 2.24) is 9.97 Å². The Morgan fingerprint density at radius 1 is 1.29 bits per heavy atom. The molecular weight excluding hydrogens is 214 g/mol. The first kappa shape index (κ1) is 10.6. The van der Waals surface area contributed by atoms with E-state index in [1.54, 1.807) is 12.4 Å². The average Bonchev–Trinajstić information content (AvgIpc) is 2.91. The standard InChI is InChI=1S/C13H15N3O/c14-12(9-4-7-17-8-9)10-2-1-3-11-13(10)16-6-5-15-11/h1-3,5-6,9,12H,4,7-8,14H2. The Balaban J connectivity index is 2.04. The first-order chi connectivity index (χ1) is 8.36. The second-order valence-electron chi connectivity index (χ2n) is 4.42. The number of aromatic nitrogens is 2. The van der Waals surface area contributed by atoms with Crippen LogP contribution >= 0.6 is 0 Å². The van der Waals surface area contributed by atoms with E-state index in [9.17, 15) is 0 Å². The third-order valence-electron chi connectivity index (χ3n) is 3.36. The van der Waals surface area contributed by atoms with E-state index in [1.165, 1.54) is 0 Å². The van der Waals surface area contributed by atoms with E-state index >= 15 is 0 Å². The van der Waals surface area contributed by atoms with E-state index in [0.29, 0.717) is 5.92 Å². The maximum absolute atomic E-state index is 6.32. The number of hydrogen-bond acceptors (Lipinski definition) is 4. The van der Waals surface area contributed by atoms with Gasteiger partial charge in [0.15, 0.2) is 0 Å². The van der Waals surface area contributed by atoms with Gasteiger partial charge in [0.2, 0.25) is 0 Å². The summed E-state index contributed by atoms with van der Waals surface area (Å²) in [5.74, 6) is 0.391. The van der Waals surface area contributed by atoms with Crippen molar-refractivity contribution in [2.45, 2.75) is 12.5 Å². The number of para-hydroxylation sites is 1. The van der Waals surface area contributed by atoms with Gasteiger partial charge in [-0.15, -0.1) is 0 Å². The molecule has 1 saturated heterocycles. The summed E-state index contributed by atoms with van der Waals surface area (Å²) >= 11 is 0. The van der Waals surface area contributed by atoms with E-state index in [1.807, 2.05) is 18.2 Å². The van der Waals surface area contributed by atoms with Crippen LogP contribution in [0.3, 0.4) is 0 Å². The smallest absolute Gasteiger partial charge is 0.0934 e. The molecule has 0 aliphatic carbocycles. The molecule has 2 N–H and O–H groups in total. The van der Waals surface area contributed by atoms with Crippen LogP contribution in [0.5, 0.6) is 0 Å². The first-order valence-corrected chi connectivity index (χ1v) is 5.89. The molecule has 0 amide bonds. The molecule has 1 aromatic heterocycles. The summed E-state index contributed by atoms with van der Waals surface area (Å²) in [5, 5.41) is 0. The Kier molecular flexibility index (Phi) is 2.74. The highest BCUT2D eigenvalue weighted by Gasteiger charge is 2.25. The molecule has 2 heterocycles. The minimum atomic E-state index is -0.0158. The zero-order valence-electron chi connectivity index (χ0n) is 9.54. The SMILES string of the molecule is NC(c1cccc2nccnc12)C1CCOC1. The summed E-state index contributed by atoms with van der Waals surface area (Å²) in [7, 11) is 0. The highest BCUT2D eigenvalue weighted by molar-refractivity contribution is 5.78. The lowest BCUT2D eigenvalue weighted by Crippen LogP contribution is -2.22. The van der Waals surface area contributed by atoms with E-state index in [0.717, 1.165) is 36.2 Å². The molecule has 17 heavy (non-hydrogen) atoms. The van der Waals surface area contributed by atoms with Crippen LogP contribution in [0.15, 0.2) is 30.6 Å². The number of ether oxygens (including phenoxy) is 1. The average molecular weight is 229 g/mol. The Morgan fingerprint density at radius 2 is 2.18 bits per heavy atom. The molecule has 88 valence electrons. The van der Waals surface area contributed by atoms with Crippen LogP contribution in [0.2, 0.25) is 0 Å². The summed E-state index contributed by atoms with van der Waals surface area (Å²) in [4.78, 5) is 8.69. The topological polar surface area (TPSA) is 61.0 Å². The molecule has 1 aliphatic rings. The molecule has 0 spiro atoms. The number of benzene rings is 1. The van der Waals surface area contributed by atoms with Gasteiger partial charge in [-0.3, -0.25) is 9.97 Å². The molecule has 4 nitrogen and oxygen atoms in total. The molecular formula is C13H15N3O. The highest BCUT2D eigenvalue weighted by atomic mass is 16.5. The van der Waals surface area contributed by atoms with Crippen molar-refractivity contribution in [3.05, 3.63) is 36.2 Å². The zero-order valence-corrected chi connectivity index (χ0v) is 9.54. The van der Waals surface area contributed by atoms with Gasteiger partial charge in [0.1, 0.15) is 0 Å². The molecule has 2 aromatic rings. The highest BCUT2D eigenvalue weighted by Crippen LogP contribution is 2.29. The number of hydrogen-bond donors (Lipinski definition) is 1. The predicted molar refractivity (Wildman–Crippen MR) is 65.4 cm³/mol. The Morgan fingerprint density at radius 3 is 3.00 bits per heavy atom. The molecule has 4 heteroatoms. The summed E-state index contributed by atoms with van der Waals surface area (Å²) < 4.78 is 5.40. The lowest BCUT2D eigenvalue weighted by Gasteiger charge is -2.18. The molecule has 2 unspecified atom stereocenters. The first-order valence-electron chi connectivity index (χ1n) is 5.89. The molecule has 0 radical (unpaired) electrons. The van der Waals surface area contributed by atoms with Crippen molar-refractivity contribution in [3.8, 4) is 0 Å². The summed E-state index contributed by atoms with van der Waals surface area (Å²) in [6.45, 7) is 1.56. The summed E-state index contributed by atoms with van der Waals surface area (Å²) in [6, 6.07) is 5.98. The maximum Gasteiger partial charge on any atom is 0.0934 e. The third kappa shape index (κ3) is 1.90. The van der Waals surface area contributed by atoms with Crippen molar-refractivity contribution in [1.29, 1.82) is 0 Å². The minimum absolute atomic E-state index is 0.0158. The van der Waals surface area contributed by atoms with Gasteiger partial charge < -0.3 is 10.5 Å². The maximum atomic E-state index is 6.32. The van der Waals surface area contributed by atoms with Crippen LogP contribution in [0.25, 0.3) is 11.0 Å². The van der Waals surface area contributed by atoms with Crippen LogP contribution in [0, 0.1) is 5.92 Å². The molecule has 0 saturated carbocycles. The minimum Gasteiger partial charge on any atom is -0.381 e. The lowest BCUT2D eigenvalue weighted by atomic mass is 9.92. The van der Waals surface area contributed by atoms with Crippen molar-refractivity contribution in [2.75, 3.05) is 13.2 Å². The fraction of sp³-hybridized carbons (Fsp3) is 0.385. The van der Waals surface area contributed by atoms with Crippen molar-refractivity contribution >= 4 is 11.0 Å². The van der Waals surface area contributed by atoms with Gasteiger partial charge in [-0.2, -0.15) is 0 Å². The lowest BCUT2D eigenvalue weighted by molar-refractivity contribution is 0.181. The summed E-state index contributed by atoms with van der Waals surface area (Å²) in [5.41, 5.74) is 9.21. The van der Waals surface area contributed by atoms with Crippen LogP contribution in [0.1, 0.15) is 18.0 Å². The molecule has 1 aromatic carbocycles. The Labute approximate surface area is 99.8 Å². The molecule has 0 bridgehead atoms.